The van der Waals surface area contributed by atoms with Gasteiger partial charge in [-0.05, 0) is 19.2 Å². The van der Waals surface area contributed by atoms with Crippen LogP contribution in [-0.2, 0) is 0 Å². The largest absolute Gasteiger partial charge is 0.350 e. The van der Waals surface area contributed by atoms with Crippen LogP contribution in [0.2, 0.25) is 0 Å². The summed E-state index contributed by atoms with van der Waals surface area (Å²) < 4.78 is 0.481. The molecule has 0 aliphatic heterocycles. The molecule has 0 spiro atoms. The summed E-state index contributed by atoms with van der Waals surface area (Å²) in [5.74, 6) is 0.337. The number of aromatic amines is 1. The maximum Gasteiger partial charge on any atom is 0.324 e. The number of anilines is 1. The van der Waals surface area contributed by atoms with Gasteiger partial charge in [-0.2, -0.15) is 0 Å². The zero-order valence-electron chi connectivity index (χ0n) is 12.6. The molecule has 0 aliphatic rings. The van der Waals surface area contributed by atoms with Crippen LogP contribution in [0.4, 0.5) is 11.6 Å². The monoisotopic (exact) mass is 307 g/mol. The van der Waals surface area contributed by atoms with Crippen molar-refractivity contribution in [1.29, 1.82) is 0 Å². The van der Waals surface area contributed by atoms with Crippen molar-refractivity contribution in [3.63, 3.8) is 0 Å². The minimum Gasteiger partial charge on any atom is -0.350 e. The van der Waals surface area contributed by atoms with E-state index >= 15 is 0 Å². The second kappa shape index (κ2) is 6.94. The highest BCUT2D eigenvalue weighted by molar-refractivity contribution is 5.74. The van der Waals surface area contributed by atoms with E-state index in [0.717, 1.165) is 19.6 Å². The molecule has 0 radical (unpaired) electrons. The molecule has 2 N–H and O–H groups in total. The summed E-state index contributed by atoms with van der Waals surface area (Å²) in [6.07, 6.45) is 0. The molecule has 0 saturated heterocycles. The fourth-order valence-corrected chi connectivity index (χ4v) is 2.14. The standard InChI is InChI=1S/C13H19N6O3/c1-3-17(4-2)8-7-14-13-15-11-6-5-10(19(21)22)9-12(11)18(20)16-13/h5-6,9H,3-4,7-8H2,1-2H3,(H2,14,15,16,20)/q+1. The van der Waals surface area contributed by atoms with Crippen molar-refractivity contribution in [3.05, 3.63) is 33.2 Å². The summed E-state index contributed by atoms with van der Waals surface area (Å²) in [5.41, 5.74) is 0.378. The van der Waals surface area contributed by atoms with Crippen LogP contribution in [0.1, 0.15) is 13.8 Å². The molecular formula is C13H19N6O3+. The summed E-state index contributed by atoms with van der Waals surface area (Å²) in [6, 6.07) is 3.99. The maximum absolute atomic E-state index is 11.9. The first-order chi connectivity index (χ1) is 10.5. The van der Waals surface area contributed by atoms with Crippen LogP contribution >= 0.6 is 0 Å². The lowest BCUT2D eigenvalue weighted by molar-refractivity contribution is -0.535. The van der Waals surface area contributed by atoms with Gasteiger partial charge in [0.1, 0.15) is 5.52 Å². The van der Waals surface area contributed by atoms with Gasteiger partial charge in [0.2, 0.25) is 0 Å². The second-order valence-electron chi connectivity index (χ2n) is 4.75. The molecule has 0 amide bonds. The molecule has 9 nitrogen and oxygen atoms in total. The maximum atomic E-state index is 11.9. The van der Waals surface area contributed by atoms with Gasteiger partial charge >= 0.3 is 5.52 Å². The summed E-state index contributed by atoms with van der Waals surface area (Å²) in [5, 5.41) is 16.3. The number of aromatic nitrogens is 3. The minimum absolute atomic E-state index is 0.128. The van der Waals surface area contributed by atoms with Gasteiger partial charge in [0, 0.05) is 19.2 Å². The summed E-state index contributed by atoms with van der Waals surface area (Å²) in [4.78, 5) is 28.6. The smallest absolute Gasteiger partial charge is 0.324 e. The Labute approximate surface area is 126 Å². The third kappa shape index (κ3) is 3.55. The lowest BCUT2D eigenvalue weighted by Gasteiger charge is -2.17. The summed E-state index contributed by atoms with van der Waals surface area (Å²) in [6.45, 7) is 7.56. The van der Waals surface area contributed by atoms with Gasteiger partial charge in [-0.1, -0.05) is 18.9 Å². The molecule has 1 heterocycles. The summed E-state index contributed by atoms with van der Waals surface area (Å²) in [7, 11) is 0. The molecule has 0 bridgehead atoms. The van der Waals surface area contributed by atoms with E-state index in [2.05, 4.69) is 34.1 Å². The van der Waals surface area contributed by atoms with Gasteiger partial charge in [0.25, 0.3) is 11.6 Å². The molecule has 118 valence electrons. The van der Waals surface area contributed by atoms with Crippen LogP contribution in [0.15, 0.2) is 18.2 Å². The number of nitrogens with one attached hydrogen (secondary N) is 2. The number of fused-ring (bicyclic) bond motifs is 1. The molecule has 2 aromatic rings. The number of nitro groups is 1. The molecule has 0 atom stereocenters. The number of H-pyrrole nitrogens is 1. The van der Waals surface area contributed by atoms with Crippen LogP contribution in [0.5, 0.6) is 0 Å². The van der Waals surface area contributed by atoms with Crippen LogP contribution in [0.25, 0.3) is 11.0 Å². The number of nitrogens with zero attached hydrogens (tertiary/aromatic N) is 4. The third-order valence-corrected chi connectivity index (χ3v) is 3.44. The van der Waals surface area contributed by atoms with Gasteiger partial charge in [0.05, 0.1) is 15.9 Å². The Bertz CT molecular complexity index is 725. The zero-order chi connectivity index (χ0) is 16.1. The van der Waals surface area contributed by atoms with Gasteiger partial charge in [-0.15, -0.1) is 0 Å². The highest BCUT2D eigenvalue weighted by Crippen LogP contribution is 2.16. The van der Waals surface area contributed by atoms with Crippen molar-refractivity contribution >= 4 is 22.7 Å². The Kier molecular flexibility index (Phi) is 4.99. The first-order valence-corrected chi connectivity index (χ1v) is 7.12. The molecule has 1 aromatic heterocycles. The van der Waals surface area contributed by atoms with Gasteiger partial charge in [-0.25, -0.2) is 4.98 Å². The van der Waals surface area contributed by atoms with Crippen molar-refractivity contribution in [2.24, 2.45) is 0 Å². The first-order valence-electron chi connectivity index (χ1n) is 7.12. The molecule has 1 aromatic carbocycles. The average Bonchev–Trinajstić information content (AvgIpc) is 2.51. The second-order valence-corrected chi connectivity index (χ2v) is 4.75. The Balaban J connectivity index is 2.18. The number of benzene rings is 1. The van der Waals surface area contributed by atoms with Crippen molar-refractivity contribution < 1.29 is 9.47 Å². The molecule has 0 aliphatic carbocycles. The fourth-order valence-electron chi connectivity index (χ4n) is 2.14. The third-order valence-electron chi connectivity index (χ3n) is 3.44. The zero-order valence-corrected chi connectivity index (χ0v) is 12.6. The predicted molar refractivity (Wildman–Crippen MR) is 82.4 cm³/mol. The Morgan fingerprint density at radius 2 is 2.14 bits per heavy atom. The predicted octanol–water partition coefficient (Wildman–Crippen LogP) is 1.14. The molecule has 22 heavy (non-hydrogen) atoms. The highest BCUT2D eigenvalue weighted by atomic mass is 16.6. The van der Waals surface area contributed by atoms with Crippen molar-refractivity contribution in [1.82, 2.24) is 15.0 Å². The van der Waals surface area contributed by atoms with Crippen molar-refractivity contribution in [2.45, 2.75) is 13.8 Å². The molecule has 9 heteroatoms. The van der Waals surface area contributed by atoms with Gasteiger partial charge < -0.3 is 10.2 Å². The molecule has 0 fully saturated rings. The normalized spacial score (nSPS) is 11.0. The lowest BCUT2D eigenvalue weighted by atomic mass is 10.3. The average molecular weight is 307 g/mol. The van der Waals surface area contributed by atoms with Crippen molar-refractivity contribution in [3.8, 4) is 0 Å². The molecule has 0 unspecified atom stereocenters. The number of likely N-dealkylation sites (N-methyl/N-ethyl adjacent to an activating group) is 1. The van der Waals surface area contributed by atoms with E-state index in [1.165, 1.54) is 18.2 Å². The lowest BCUT2D eigenvalue weighted by Crippen LogP contribution is -2.30. The molecular weight excluding hydrogens is 288 g/mol. The van der Waals surface area contributed by atoms with E-state index in [9.17, 15) is 15.0 Å². The number of nitro benzene ring substituents is 1. The first kappa shape index (κ1) is 15.8. The fraction of sp³-hybridized carbons (Fsp3) is 0.462. The Morgan fingerprint density at radius 3 is 2.77 bits per heavy atom. The summed E-state index contributed by atoms with van der Waals surface area (Å²) >= 11 is 0. The topological polar surface area (TPSA) is 110 Å². The Morgan fingerprint density at radius 1 is 1.41 bits per heavy atom. The highest BCUT2D eigenvalue weighted by Gasteiger charge is 2.16. The number of hydrogen-bond donors (Lipinski definition) is 2. The number of non-ortho nitro benzene ring substituents is 1. The van der Waals surface area contributed by atoms with E-state index in [-0.39, 0.29) is 11.2 Å². The van der Waals surface area contributed by atoms with Gasteiger partial charge in [-0.3, -0.25) is 10.1 Å². The minimum atomic E-state index is -0.546. The van der Waals surface area contributed by atoms with Crippen LogP contribution in [0.3, 0.4) is 0 Å². The van der Waals surface area contributed by atoms with E-state index in [0.29, 0.717) is 22.6 Å². The Hall–Kier alpha value is -2.55. The van der Waals surface area contributed by atoms with Crippen LogP contribution in [0, 0.1) is 15.0 Å². The molecule has 0 saturated carbocycles. The van der Waals surface area contributed by atoms with Crippen LogP contribution < -0.4 is 9.86 Å². The van der Waals surface area contributed by atoms with Crippen molar-refractivity contribution in [2.75, 3.05) is 31.5 Å². The van der Waals surface area contributed by atoms with E-state index in [1.54, 1.807) is 0 Å². The SMILES string of the molecule is CCN(CC)CCNc1nc2ccc([N+](=O)[O-])cc2[n+](=O)[nH]1. The van der Waals surface area contributed by atoms with Gasteiger partial charge in [0.15, 0.2) is 4.54 Å². The van der Waals surface area contributed by atoms with E-state index in [1.807, 2.05) is 0 Å². The number of rotatable bonds is 7. The van der Waals surface area contributed by atoms with Crippen LogP contribution in [-0.4, -0.2) is 46.1 Å². The van der Waals surface area contributed by atoms with E-state index in [4.69, 9.17) is 0 Å². The quantitative estimate of drug-likeness (QED) is 0.451. The van der Waals surface area contributed by atoms with E-state index < -0.39 is 4.92 Å². The molecule has 2 rings (SSSR count). The number of hydrogen-bond acceptors (Lipinski definition) is 6.